The number of hydrazine groups is 1. The third-order valence-corrected chi connectivity index (χ3v) is 3.25. The molecule has 1 aromatic heterocycles. The number of pyridine rings is 1. The fraction of sp³-hybridized carbons (Fsp3) is 0.308. The molecular formula is C13H14FN3O. The second kappa shape index (κ2) is 4.19. The van der Waals surface area contributed by atoms with Crippen LogP contribution in [-0.2, 0) is 17.8 Å². The molecule has 0 unspecified atom stereocenters. The summed E-state index contributed by atoms with van der Waals surface area (Å²) < 4.78 is 19.4. The van der Waals surface area contributed by atoms with Crippen molar-refractivity contribution in [2.45, 2.75) is 20.0 Å². The molecule has 0 saturated carbocycles. The molecule has 18 heavy (non-hydrogen) atoms. The lowest BCUT2D eigenvalue weighted by molar-refractivity contribution is 0.110. The van der Waals surface area contributed by atoms with Gasteiger partial charge in [0.25, 0.3) is 0 Å². The number of nitrogens with one attached hydrogen (secondary N) is 1. The number of aromatic nitrogens is 1. The van der Waals surface area contributed by atoms with Crippen LogP contribution in [0.3, 0.4) is 0 Å². The van der Waals surface area contributed by atoms with Crippen LogP contribution < -0.4 is 11.3 Å². The van der Waals surface area contributed by atoms with Gasteiger partial charge in [0.15, 0.2) is 0 Å². The van der Waals surface area contributed by atoms with E-state index in [1.807, 2.05) is 13.0 Å². The topological polar surface area (TPSA) is 60.2 Å². The molecule has 94 valence electrons. The average Bonchev–Trinajstić information content (AvgIpc) is 2.36. The Morgan fingerprint density at radius 1 is 1.44 bits per heavy atom. The van der Waals surface area contributed by atoms with Crippen LogP contribution in [0, 0.1) is 12.7 Å². The Hall–Kier alpha value is -1.72. The van der Waals surface area contributed by atoms with Gasteiger partial charge in [0.1, 0.15) is 11.3 Å². The summed E-state index contributed by atoms with van der Waals surface area (Å²) in [5, 5.41) is 0.708. The van der Waals surface area contributed by atoms with Gasteiger partial charge in [0, 0.05) is 17.4 Å². The number of halogens is 1. The fourth-order valence-corrected chi connectivity index (χ4v) is 2.42. The standard InChI is InChI=1S/C13H14FN3O/c1-7-4-8-12(17-15)9-6-18-3-2-11(9)16-13(8)10(14)5-7/h4-5H,2-3,6,15H2,1H3,(H,16,17). The van der Waals surface area contributed by atoms with Crippen molar-refractivity contribution in [3.05, 3.63) is 34.8 Å². The third kappa shape index (κ3) is 1.63. The molecule has 0 atom stereocenters. The molecule has 3 N–H and O–H groups in total. The molecule has 0 amide bonds. The number of hydrogen-bond acceptors (Lipinski definition) is 4. The zero-order valence-corrected chi connectivity index (χ0v) is 10.1. The molecule has 0 spiro atoms. The summed E-state index contributed by atoms with van der Waals surface area (Å²) in [7, 11) is 0. The van der Waals surface area contributed by atoms with Crippen LogP contribution in [-0.4, -0.2) is 11.6 Å². The quantitative estimate of drug-likeness (QED) is 0.598. The van der Waals surface area contributed by atoms with E-state index in [1.165, 1.54) is 6.07 Å². The number of benzene rings is 1. The number of nitrogen functional groups attached to an aromatic ring is 1. The monoisotopic (exact) mass is 247 g/mol. The highest BCUT2D eigenvalue weighted by atomic mass is 19.1. The highest BCUT2D eigenvalue weighted by Crippen LogP contribution is 2.32. The Bertz CT molecular complexity index is 627. The van der Waals surface area contributed by atoms with Gasteiger partial charge >= 0.3 is 0 Å². The van der Waals surface area contributed by atoms with Gasteiger partial charge in [-0.1, -0.05) is 0 Å². The van der Waals surface area contributed by atoms with Gasteiger partial charge in [0.05, 0.1) is 24.6 Å². The maximum atomic E-state index is 14.0. The van der Waals surface area contributed by atoms with Gasteiger partial charge in [-0.2, -0.15) is 0 Å². The van der Waals surface area contributed by atoms with Crippen molar-refractivity contribution in [1.82, 2.24) is 4.98 Å². The van der Waals surface area contributed by atoms with Gasteiger partial charge in [0.2, 0.25) is 0 Å². The minimum Gasteiger partial charge on any atom is -0.376 e. The number of ether oxygens (including phenoxy) is 1. The van der Waals surface area contributed by atoms with Crippen LogP contribution in [0.15, 0.2) is 12.1 Å². The minimum absolute atomic E-state index is 0.309. The minimum atomic E-state index is -0.309. The second-order valence-corrected chi connectivity index (χ2v) is 4.50. The van der Waals surface area contributed by atoms with Gasteiger partial charge in [-0.3, -0.25) is 5.84 Å². The predicted molar refractivity (Wildman–Crippen MR) is 67.6 cm³/mol. The van der Waals surface area contributed by atoms with Crippen LogP contribution in [0.1, 0.15) is 16.8 Å². The Balaban J connectivity index is 2.40. The van der Waals surface area contributed by atoms with Crippen LogP contribution in [0.25, 0.3) is 10.9 Å². The van der Waals surface area contributed by atoms with Crippen molar-refractivity contribution in [2.24, 2.45) is 5.84 Å². The summed E-state index contributed by atoms with van der Waals surface area (Å²) in [6.07, 6.45) is 0.688. The largest absolute Gasteiger partial charge is 0.376 e. The summed E-state index contributed by atoms with van der Waals surface area (Å²) in [6.45, 7) is 2.93. The Morgan fingerprint density at radius 2 is 2.28 bits per heavy atom. The highest BCUT2D eigenvalue weighted by Gasteiger charge is 2.19. The van der Waals surface area contributed by atoms with E-state index in [-0.39, 0.29) is 5.82 Å². The lowest BCUT2D eigenvalue weighted by atomic mass is 10.0. The molecule has 0 aliphatic carbocycles. The number of nitrogens with two attached hydrogens (primary N) is 1. The Labute approximate surface area is 104 Å². The summed E-state index contributed by atoms with van der Waals surface area (Å²) in [6, 6.07) is 3.37. The van der Waals surface area contributed by atoms with Crippen molar-refractivity contribution >= 4 is 16.6 Å². The molecule has 2 aromatic rings. The van der Waals surface area contributed by atoms with Gasteiger partial charge in [-0.05, 0) is 24.6 Å². The van der Waals surface area contributed by atoms with Crippen LogP contribution in [0.4, 0.5) is 10.1 Å². The summed E-state index contributed by atoms with van der Waals surface area (Å²) in [5.74, 6) is 5.27. The maximum absolute atomic E-state index is 14.0. The number of nitrogens with zero attached hydrogens (tertiary/aromatic N) is 1. The smallest absolute Gasteiger partial charge is 0.149 e. The molecule has 0 fully saturated rings. The second-order valence-electron chi connectivity index (χ2n) is 4.50. The van der Waals surface area contributed by atoms with Gasteiger partial charge < -0.3 is 10.2 Å². The van der Waals surface area contributed by atoms with Crippen molar-refractivity contribution in [2.75, 3.05) is 12.0 Å². The Morgan fingerprint density at radius 3 is 3.06 bits per heavy atom. The first-order valence-corrected chi connectivity index (χ1v) is 5.86. The van der Waals surface area contributed by atoms with Crippen molar-refractivity contribution in [1.29, 1.82) is 0 Å². The van der Waals surface area contributed by atoms with E-state index in [0.29, 0.717) is 30.5 Å². The Kier molecular flexibility index (Phi) is 2.65. The van der Waals surface area contributed by atoms with Crippen molar-refractivity contribution < 1.29 is 9.13 Å². The highest BCUT2D eigenvalue weighted by molar-refractivity contribution is 5.94. The zero-order chi connectivity index (χ0) is 12.7. The van der Waals surface area contributed by atoms with E-state index in [4.69, 9.17) is 10.6 Å². The summed E-state index contributed by atoms with van der Waals surface area (Å²) in [4.78, 5) is 4.41. The number of fused-ring (bicyclic) bond motifs is 2. The maximum Gasteiger partial charge on any atom is 0.149 e. The molecule has 5 heteroatoms. The third-order valence-electron chi connectivity index (χ3n) is 3.25. The molecule has 0 saturated heterocycles. The number of anilines is 1. The summed E-state index contributed by atoms with van der Waals surface area (Å²) >= 11 is 0. The summed E-state index contributed by atoms with van der Waals surface area (Å²) in [5.41, 5.74) is 6.39. The zero-order valence-electron chi connectivity index (χ0n) is 10.1. The van der Waals surface area contributed by atoms with E-state index in [9.17, 15) is 4.39 Å². The van der Waals surface area contributed by atoms with E-state index < -0.39 is 0 Å². The molecule has 0 radical (unpaired) electrons. The van der Waals surface area contributed by atoms with Crippen LogP contribution in [0.2, 0.25) is 0 Å². The number of aryl methyl sites for hydroxylation is 1. The van der Waals surface area contributed by atoms with E-state index in [1.54, 1.807) is 0 Å². The molecule has 1 aliphatic rings. The normalized spacial score (nSPS) is 14.6. The first-order valence-electron chi connectivity index (χ1n) is 5.86. The molecule has 1 aromatic carbocycles. The number of hydrogen-bond donors (Lipinski definition) is 2. The first kappa shape index (κ1) is 11.4. The predicted octanol–water partition coefficient (Wildman–Crippen LogP) is 2.04. The van der Waals surface area contributed by atoms with Crippen LogP contribution in [0.5, 0.6) is 0 Å². The SMILES string of the molecule is Cc1cc(F)c2nc3c(c(NN)c2c1)COCC3. The van der Waals surface area contributed by atoms with E-state index in [2.05, 4.69) is 10.4 Å². The molecular weight excluding hydrogens is 233 g/mol. The van der Waals surface area contributed by atoms with Crippen LogP contribution >= 0.6 is 0 Å². The lowest BCUT2D eigenvalue weighted by Gasteiger charge is -2.21. The van der Waals surface area contributed by atoms with E-state index in [0.717, 1.165) is 22.5 Å². The van der Waals surface area contributed by atoms with E-state index >= 15 is 0 Å². The van der Waals surface area contributed by atoms with Gasteiger partial charge in [-0.15, -0.1) is 0 Å². The molecule has 4 nitrogen and oxygen atoms in total. The first-order chi connectivity index (χ1) is 8.70. The van der Waals surface area contributed by atoms with Crippen molar-refractivity contribution in [3.8, 4) is 0 Å². The van der Waals surface area contributed by atoms with Crippen molar-refractivity contribution in [3.63, 3.8) is 0 Å². The number of rotatable bonds is 1. The lowest BCUT2D eigenvalue weighted by Crippen LogP contribution is -2.18. The van der Waals surface area contributed by atoms with Gasteiger partial charge in [-0.25, -0.2) is 9.37 Å². The molecule has 0 bridgehead atoms. The fourth-order valence-electron chi connectivity index (χ4n) is 2.42. The average molecular weight is 247 g/mol. The molecule has 1 aliphatic heterocycles. The molecule has 2 heterocycles. The molecule has 3 rings (SSSR count).